The molecule has 1 aliphatic rings. The van der Waals surface area contributed by atoms with E-state index in [0.29, 0.717) is 29.7 Å². The van der Waals surface area contributed by atoms with E-state index in [1.165, 1.54) is 25.0 Å². The Morgan fingerprint density at radius 2 is 2.15 bits per heavy atom. The van der Waals surface area contributed by atoms with Gasteiger partial charge in [0.2, 0.25) is 0 Å². The van der Waals surface area contributed by atoms with Crippen molar-refractivity contribution in [2.45, 2.75) is 53.0 Å². The Balaban J connectivity index is 2.10. The van der Waals surface area contributed by atoms with Gasteiger partial charge in [0.05, 0.1) is 12.3 Å². The van der Waals surface area contributed by atoms with Gasteiger partial charge in [0.15, 0.2) is 0 Å². The van der Waals surface area contributed by atoms with Crippen molar-refractivity contribution in [3.05, 3.63) is 24.0 Å². The summed E-state index contributed by atoms with van der Waals surface area (Å²) in [5.74, 6) is 0.972. The summed E-state index contributed by atoms with van der Waals surface area (Å²) in [5.41, 5.74) is 1.34. The molecule has 0 saturated heterocycles. The molecule has 2 nitrogen and oxygen atoms in total. The highest BCUT2D eigenvalue weighted by Crippen LogP contribution is 2.40. The number of ether oxygens (including phenoxy) is 1. The molecular formula is C17H26FNO. The SMILES string of the molecule is CCOc1cc(F)ccc1NC1CCC(C)(C)CC1C. The van der Waals surface area contributed by atoms with Crippen molar-refractivity contribution in [1.82, 2.24) is 0 Å². The van der Waals surface area contributed by atoms with Crippen molar-refractivity contribution in [2.75, 3.05) is 11.9 Å². The number of nitrogens with one attached hydrogen (secondary N) is 1. The van der Waals surface area contributed by atoms with Gasteiger partial charge >= 0.3 is 0 Å². The second-order valence-corrected chi connectivity index (χ2v) is 6.71. The van der Waals surface area contributed by atoms with Crippen molar-refractivity contribution < 1.29 is 9.13 Å². The van der Waals surface area contributed by atoms with Gasteiger partial charge in [-0.25, -0.2) is 4.39 Å². The van der Waals surface area contributed by atoms with Crippen LogP contribution in [0.15, 0.2) is 18.2 Å². The minimum atomic E-state index is -0.253. The molecule has 20 heavy (non-hydrogen) atoms. The quantitative estimate of drug-likeness (QED) is 0.850. The van der Waals surface area contributed by atoms with E-state index in [0.717, 1.165) is 12.1 Å². The van der Waals surface area contributed by atoms with Gasteiger partial charge < -0.3 is 10.1 Å². The molecule has 1 fully saturated rings. The first kappa shape index (κ1) is 15.1. The highest BCUT2D eigenvalue weighted by atomic mass is 19.1. The van der Waals surface area contributed by atoms with Crippen LogP contribution in [-0.4, -0.2) is 12.6 Å². The van der Waals surface area contributed by atoms with E-state index in [1.54, 1.807) is 6.07 Å². The minimum absolute atomic E-state index is 0.253. The largest absolute Gasteiger partial charge is 0.492 e. The molecule has 1 N–H and O–H groups in total. The van der Waals surface area contributed by atoms with Crippen molar-refractivity contribution >= 4 is 5.69 Å². The molecule has 0 amide bonds. The van der Waals surface area contributed by atoms with E-state index >= 15 is 0 Å². The Hall–Kier alpha value is -1.25. The highest BCUT2D eigenvalue weighted by molar-refractivity contribution is 5.57. The van der Waals surface area contributed by atoms with Crippen LogP contribution in [-0.2, 0) is 0 Å². The first-order valence-electron chi connectivity index (χ1n) is 7.60. The van der Waals surface area contributed by atoms with Crippen molar-refractivity contribution in [3.63, 3.8) is 0 Å². The normalized spacial score (nSPS) is 25.2. The van der Waals surface area contributed by atoms with Gasteiger partial charge in [0, 0.05) is 12.1 Å². The van der Waals surface area contributed by atoms with Crippen molar-refractivity contribution in [1.29, 1.82) is 0 Å². The lowest BCUT2D eigenvalue weighted by atomic mass is 9.70. The summed E-state index contributed by atoms with van der Waals surface area (Å²) >= 11 is 0. The Morgan fingerprint density at radius 3 is 2.80 bits per heavy atom. The zero-order valence-electron chi connectivity index (χ0n) is 13.0. The standard InChI is InChI=1S/C17H26FNO/c1-5-20-16-10-13(18)6-7-15(16)19-14-8-9-17(3,4)11-12(14)2/h6-7,10,12,14,19H,5,8-9,11H2,1-4H3. The summed E-state index contributed by atoms with van der Waals surface area (Å²) in [4.78, 5) is 0. The zero-order valence-corrected chi connectivity index (χ0v) is 13.0. The first-order valence-corrected chi connectivity index (χ1v) is 7.60. The van der Waals surface area contributed by atoms with E-state index < -0.39 is 0 Å². The van der Waals surface area contributed by atoms with E-state index in [1.807, 2.05) is 6.92 Å². The summed E-state index contributed by atoms with van der Waals surface area (Å²) in [5, 5.41) is 3.56. The van der Waals surface area contributed by atoms with Crippen LogP contribution in [0.5, 0.6) is 5.75 Å². The average molecular weight is 279 g/mol. The summed E-state index contributed by atoms with van der Waals surface area (Å²) in [7, 11) is 0. The van der Waals surface area contributed by atoms with Gasteiger partial charge in [-0.1, -0.05) is 20.8 Å². The van der Waals surface area contributed by atoms with Crippen LogP contribution in [0, 0.1) is 17.2 Å². The lowest BCUT2D eigenvalue weighted by Gasteiger charge is -2.40. The van der Waals surface area contributed by atoms with Crippen LogP contribution in [0.25, 0.3) is 0 Å². The molecule has 1 aromatic carbocycles. The molecule has 0 aromatic heterocycles. The maximum Gasteiger partial charge on any atom is 0.145 e. The molecule has 2 rings (SSSR count). The molecule has 1 aromatic rings. The van der Waals surface area contributed by atoms with Crippen molar-refractivity contribution in [3.8, 4) is 5.75 Å². The maximum atomic E-state index is 13.3. The van der Waals surface area contributed by atoms with E-state index in [2.05, 4.69) is 26.1 Å². The second-order valence-electron chi connectivity index (χ2n) is 6.71. The second kappa shape index (κ2) is 6.02. The van der Waals surface area contributed by atoms with Crippen LogP contribution >= 0.6 is 0 Å². The van der Waals surface area contributed by atoms with Crippen LogP contribution in [0.1, 0.15) is 47.0 Å². The molecule has 0 aliphatic heterocycles. The maximum absolute atomic E-state index is 13.3. The first-order chi connectivity index (χ1) is 9.41. The lowest BCUT2D eigenvalue weighted by Crippen LogP contribution is -2.36. The van der Waals surface area contributed by atoms with Gasteiger partial charge in [-0.05, 0) is 49.7 Å². The fourth-order valence-electron chi connectivity index (χ4n) is 3.25. The number of halogens is 1. The molecule has 2 unspecified atom stereocenters. The predicted octanol–water partition coefficient (Wildman–Crippen LogP) is 4.85. The lowest BCUT2D eigenvalue weighted by molar-refractivity contribution is 0.177. The number of hydrogen-bond acceptors (Lipinski definition) is 2. The van der Waals surface area contributed by atoms with Gasteiger partial charge in [-0.3, -0.25) is 0 Å². The molecule has 1 aliphatic carbocycles. The molecule has 0 spiro atoms. The third-order valence-electron chi connectivity index (χ3n) is 4.28. The summed E-state index contributed by atoms with van der Waals surface area (Å²) in [6.45, 7) is 9.43. The highest BCUT2D eigenvalue weighted by Gasteiger charge is 2.32. The fraction of sp³-hybridized carbons (Fsp3) is 0.647. The van der Waals surface area contributed by atoms with Gasteiger partial charge in [0.25, 0.3) is 0 Å². The van der Waals surface area contributed by atoms with Gasteiger partial charge in [-0.2, -0.15) is 0 Å². The van der Waals surface area contributed by atoms with Crippen molar-refractivity contribution in [2.24, 2.45) is 11.3 Å². The van der Waals surface area contributed by atoms with E-state index in [-0.39, 0.29) is 5.82 Å². The molecule has 0 radical (unpaired) electrons. The van der Waals surface area contributed by atoms with Crippen LogP contribution < -0.4 is 10.1 Å². The number of benzene rings is 1. The number of anilines is 1. The molecule has 0 bridgehead atoms. The molecule has 3 heteroatoms. The predicted molar refractivity (Wildman–Crippen MR) is 81.8 cm³/mol. The van der Waals surface area contributed by atoms with Crippen LogP contribution in [0.3, 0.4) is 0 Å². The third-order valence-corrected chi connectivity index (χ3v) is 4.28. The average Bonchev–Trinajstić information content (AvgIpc) is 2.35. The monoisotopic (exact) mass is 279 g/mol. The Kier molecular flexibility index (Phi) is 4.56. The van der Waals surface area contributed by atoms with E-state index in [4.69, 9.17) is 4.74 Å². The molecular weight excluding hydrogens is 253 g/mol. The Morgan fingerprint density at radius 1 is 1.40 bits per heavy atom. The topological polar surface area (TPSA) is 21.3 Å². The van der Waals surface area contributed by atoms with Gasteiger partial charge in [-0.15, -0.1) is 0 Å². The fourth-order valence-corrected chi connectivity index (χ4v) is 3.25. The van der Waals surface area contributed by atoms with E-state index in [9.17, 15) is 4.39 Å². The minimum Gasteiger partial charge on any atom is -0.492 e. The van der Waals surface area contributed by atoms with Crippen LogP contribution in [0.4, 0.5) is 10.1 Å². The summed E-state index contributed by atoms with van der Waals surface area (Å²) < 4.78 is 18.9. The molecule has 0 heterocycles. The van der Waals surface area contributed by atoms with Gasteiger partial charge in [0.1, 0.15) is 11.6 Å². The molecule has 2 atom stereocenters. The Labute approximate surface area is 121 Å². The molecule has 1 saturated carbocycles. The number of hydrogen-bond donors (Lipinski definition) is 1. The molecule has 112 valence electrons. The third kappa shape index (κ3) is 3.65. The van der Waals surface area contributed by atoms with Crippen LogP contribution in [0.2, 0.25) is 0 Å². The Bertz CT molecular complexity index is 458. The summed E-state index contributed by atoms with van der Waals surface area (Å²) in [6, 6.07) is 5.17. The summed E-state index contributed by atoms with van der Waals surface area (Å²) in [6.07, 6.45) is 3.59. The number of rotatable bonds is 4. The smallest absolute Gasteiger partial charge is 0.145 e. The zero-order chi connectivity index (χ0) is 14.8.